The summed E-state index contributed by atoms with van der Waals surface area (Å²) in [6.45, 7) is 2.61. The highest BCUT2D eigenvalue weighted by Gasteiger charge is 2.28. The van der Waals surface area contributed by atoms with E-state index in [1.165, 1.54) is 28.2 Å². The number of hydroxylamine groups is 1. The van der Waals surface area contributed by atoms with E-state index in [0.29, 0.717) is 13.2 Å². The number of aryl methyl sites for hydroxylation is 1. The molecule has 0 aliphatic heterocycles. The highest BCUT2D eigenvalue weighted by molar-refractivity contribution is 7.83. The van der Waals surface area contributed by atoms with Crippen LogP contribution in [0.5, 0.6) is 0 Å². The number of nitrogens with zero attached hydrogens (tertiary/aromatic N) is 1. The van der Waals surface area contributed by atoms with Gasteiger partial charge in [0.05, 0.1) is 11.5 Å². The summed E-state index contributed by atoms with van der Waals surface area (Å²) in [6.07, 6.45) is 7.99. The minimum Gasteiger partial charge on any atom is -0.383 e. The molecule has 41 heavy (non-hydrogen) atoms. The number of para-hydroxylation sites is 1. The summed E-state index contributed by atoms with van der Waals surface area (Å²) in [5.41, 5.74) is 8.69. The van der Waals surface area contributed by atoms with Crippen LogP contribution in [0.15, 0.2) is 83.9 Å². The van der Waals surface area contributed by atoms with Crippen molar-refractivity contribution in [3.8, 4) is 0 Å². The Labute approximate surface area is 243 Å². The zero-order valence-electron chi connectivity index (χ0n) is 23.1. The number of hydrogen-bond donors (Lipinski definition) is 4. The molecule has 214 valence electrons. The van der Waals surface area contributed by atoms with Gasteiger partial charge in [0, 0.05) is 56.0 Å². The molecule has 0 fully saturated rings. The number of fused-ring (bicyclic) bond motifs is 2. The van der Waals surface area contributed by atoms with Crippen molar-refractivity contribution in [2.75, 3.05) is 26.8 Å². The van der Waals surface area contributed by atoms with Gasteiger partial charge in [-0.1, -0.05) is 48.5 Å². The maximum atomic E-state index is 12.8. The van der Waals surface area contributed by atoms with E-state index >= 15 is 0 Å². The largest absolute Gasteiger partial charge is 0.383 e. The maximum absolute atomic E-state index is 12.8. The predicted octanol–water partition coefficient (Wildman–Crippen LogP) is 4.68. The first-order chi connectivity index (χ1) is 20.1. The van der Waals surface area contributed by atoms with Gasteiger partial charge in [0.15, 0.2) is 0 Å². The smallest absolute Gasteiger partial charge is 0.267 e. The summed E-state index contributed by atoms with van der Waals surface area (Å²) in [5.74, 6) is -0.552. The molecule has 1 heterocycles. The standard InChI is InChI=1S/C32H36N4O4S/c1-40-18-16-34-41(39)27-6-4-5-24(20-27)22-36(17-15-26-21-33-30-8-3-2-7-28(26)30)31-13-11-25-19-23(9-12-29(25)31)10-14-32(37)35-38/h2-10,12,14,19-21,31,33-34,38H,11,13,15-18,22H2,1H3,(H,35,37)/b14-10+. The molecule has 8 nitrogen and oxygen atoms in total. The lowest BCUT2D eigenvalue weighted by Gasteiger charge is -2.30. The SMILES string of the molecule is COCCNS(=O)c1cccc(CN(CCc2c[nH]c3ccccc23)C2CCc3cc(/C=C/C(=O)NO)ccc32)c1. The minimum atomic E-state index is -1.30. The fourth-order valence-electron chi connectivity index (χ4n) is 5.57. The van der Waals surface area contributed by atoms with Crippen molar-refractivity contribution in [3.63, 3.8) is 0 Å². The van der Waals surface area contributed by atoms with Crippen molar-refractivity contribution < 1.29 is 18.9 Å². The molecule has 1 aromatic heterocycles. The zero-order valence-corrected chi connectivity index (χ0v) is 24.0. The Morgan fingerprint density at radius 1 is 1.17 bits per heavy atom. The number of nitrogens with one attached hydrogen (secondary N) is 3. The van der Waals surface area contributed by atoms with Crippen molar-refractivity contribution in [1.82, 2.24) is 20.1 Å². The van der Waals surface area contributed by atoms with Crippen molar-refractivity contribution in [3.05, 3.63) is 107 Å². The van der Waals surface area contributed by atoms with Crippen LogP contribution in [0, 0.1) is 0 Å². The molecule has 2 atom stereocenters. The molecule has 4 N–H and O–H groups in total. The topological polar surface area (TPSA) is 107 Å². The van der Waals surface area contributed by atoms with Gasteiger partial charge in [-0.15, -0.1) is 0 Å². The summed E-state index contributed by atoms with van der Waals surface area (Å²) >= 11 is 0. The zero-order chi connectivity index (χ0) is 28.6. The predicted molar refractivity (Wildman–Crippen MR) is 162 cm³/mol. The summed E-state index contributed by atoms with van der Waals surface area (Å²) < 4.78 is 20.9. The van der Waals surface area contributed by atoms with E-state index in [9.17, 15) is 9.00 Å². The van der Waals surface area contributed by atoms with Gasteiger partial charge < -0.3 is 9.72 Å². The van der Waals surface area contributed by atoms with Gasteiger partial charge in [-0.2, -0.15) is 0 Å². The Kier molecular flexibility index (Phi) is 9.76. The number of aromatic amines is 1. The van der Waals surface area contributed by atoms with Crippen molar-refractivity contribution >= 4 is 33.9 Å². The normalized spacial score (nSPS) is 15.5. The molecule has 3 aromatic carbocycles. The van der Waals surface area contributed by atoms with Crippen LogP contribution in [0.4, 0.5) is 0 Å². The van der Waals surface area contributed by atoms with Gasteiger partial charge in [0.1, 0.15) is 11.0 Å². The van der Waals surface area contributed by atoms with E-state index in [1.807, 2.05) is 30.3 Å². The molecule has 1 aliphatic carbocycles. The number of methoxy groups -OCH3 is 1. The summed E-state index contributed by atoms with van der Waals surface area (Å²) in [5, 5.41) is 10.0. The van der Waals surface area contributed by atoms with Crippen LogP contribution < -0.4 is 10.2 Å². The minimum absolute atomic E-state index is 0.239. The Morgan fingerprint density at radius 3 is 2.90 bits per heavy atom. The monoisotopic (exact) mass is 572 g/mol. The van der Waals surface area contributed by atoms with Crippen molar-refractivity contribution in [1.29, 1.82) is 0 Å². The Morgan fingerprint density at radius 2 is 2.05 bits per heavy atom. The first-order valence-corrected chi connectivity index (χ1v) is 15.0. The van der Waals surface area contributed by atoms with Gasteiger partial charge >= 0.3 is 0 Å². The van der Waals surface area contributed by atoms with Gasteiger partial charge in [-0.05, 0) is 71.4 Å². The van der Waals surface area contributed by atoms with E-state index in [2.05, 4.69) is 57.2 Å². The number of hydrogen-bond acceptors (Lipinski definition) is 5. The van der Waals surface area contributed by atoms with Crippen LogP contribution >= 0.6 is 0 Å². The molecule has 0 spiro atoms. The second-order valence-corrected chi connectivity index (χ2v) is 11.5. The van der Waals surface area contributed by atoms with Crippen LogP contribution in [-0.2, 0) is 39.9 Å². The molecule has 5 rings (SSSR count). The van der Waals surface area contributed by atoms with E-state index in [-0.39, 0.29) is 6.04 Å². The number of benzene rings is 3. The van der Waals surface area contributed by atoms with Crippen LogP contribution in [0.2, 0.25) is 0 Å². The van der Waals surface area contributed by atoms with E-state index < -0.39 is 16.9 Å². The number of carbonyl (C=O) groups excluding carboxylic acids is 1. The lowest BCUT2D eigenvalue weighted by molar-refractivity contribution is -0.124. The molecule has 2 unspecified atom stereocenters. The highest BCUT2D eigenvalue weighted by atomic mass is 32.2. The average molecular weight is 573 g/mol. The Bertz CT molecular complexity index is 1550. The van der Waals surface area contributed by atoms with Crippen molar-refractivity contribution in [2.24, 2.45) is 0 Å². The number of rotatable bonds is 13. The number of aromatic nitrogens is 1. The van der Waals surface area contributed by atoms with Gasteiger partial charge in [-0.3, -0.25) is 14.9 Å². The number of ether oxygens (including phenoxy) is 1. The quantitative estimate of drug-likeness (QED) is 0.0806. The van der Waals surface area contributed by atoms with Gasteiger partial charge in [0.2, 0.25) is 0 Å². The van der Waals surface area contributed by atoms with Gasteiger partial charge in [0.25, 0.3) is 5.91 Å². The maximum Gasteiger partial charge on any atom is 0.267 e. The van der Waals surface area contributed by atoms with E-state index in [0.717, 1.165) is 53.9 Å². The first-order valence-electron chi connectivity index (χ1n) is 13.8. The fraction of sp³-hybridized carbons (Fsp3) is 0.281. The molecule has 1 amide bonds. The molecule has 9 heteroatoms. The third-order valence-electron chi connectivity index (χ3n) is 7.57. The summed E-state index contributed by atoms with van der Waals surface area (Å²) in [7, 11) is 0.325. The third kappa shape index (κ3) is 7.19. The second kappa shape index (κ2) is 13.8. The Hall–Kier alpha value is -3.60. The van der Waals surface area contributed by atoms with Crippen LogP contribution in [0.25, 0.3) is 17.0 Å². The number of amides is 1. The number of H-pyrrole nitrogens is 1. The summed E-state index contributed by atoms with van der Waals surface area (Å²) in [6, 6.07) is 22.9. The molecule has 1 aliphatic rings. The second-order valence-electron chi connectivity index (χ2n) is 10.2. The lowest BCUT2D eigenvalue weighted by atomic mass is 10.0. The molecular weight excluding hydrogens is 536 g/mol. The van der Waals surface area contributed by atoms with Crippen molar-refractivity contribution in [2.45, 2.75) is 36.7 Å². The molecule has 0 radical (unpaired) electrons. The van der Waals surface area contributed by atoms with E-state index in [1.54, 1.807) is 18.7 Å². The Balaban J connectivity index is 1.38. The molecule has 0 bridgehead atoms. The summed E-state index contributed by atoms with van der Waals surface area (Å²) in [4.78, 5) is 18.1. The molecular formula is C32H36N4O4S. The highest BCUT2D eigenvalue weighted by Crippen LogP contribution is 2.37. The first kappa shape index (κ1) is 28.9. The van der Waals surface area contributed by atoms with Crippen LogP contribution in [-0.4, -0.2) is 52.0 Å². The van der Waals surface area contributed by atoms with E-state index in [4.69, 9.17) is 9.94 Å². The fourth-order valence-corrected chi connectivity index (χ4v) is 6.46. The molecule has 0 saturated carbocycles. The van der Waals surface area contributed by atoms with Gasteiger partial charge in [-0.25, -0.2) is 14.4 Å². The molecule has 0 saturated heterocycles. The third-order valence-corrected chi connectivity index (χ3v) is 8.72. The lowest BCUT2D eigenvalue weighted by Crippen LogP contribution is -2.29. The molecule has 4 aromatic rings. The van der Waals surface area contributed by atoms with Crippen LogP contribution in [0.1, 0.15) is 40.3 Å². The van der Waals surface area contributed by atoms with Crippen LogP contribution in [0.3, 0.4) is 0 Å². The average Bonchev–Trinajstić information content (AvgIpc) is 3.62. The number of carbonyl (C=O) groups is 1.